The molecule has 234 valence electrons. The van der Waals surface area contributed by atoms with Crippen molar-refractivity contribution in [2.75, 3.05) is 59.7 Å². The fourth-order valence-electron chi connectivity index (χ4n) is 5.53. The maximum Gasteiger partial charge on any atom is 0.275 e. The summed E-state index contributed by atoms with van der Waals surface area (Å²) < 4.78 is 31.6. The maximum absolute atomic E-state index is 14.6. The summed E-state index contributed by atoms with van der Waals surface area (Å²) in [7, 11) is 1.56. The van der Waals surface area contributed by atoms with E-state index in [0.717, 1.165) is 11.1 Å². The van der Waals surface area contributed by atoms with Gasteiger partial charge in [0.2, 0.25) is 0 Å². The SMILES string of the molecule is COc1ccccc1-n1c(C(=O)N2CCOCC2)c(OCc2ccccc2)c(OCc2ccccc2)c1C(=O)N1CCOCC1. The van der Waals surface area contributed by atoms with Gasteiger partial charge in [-0.3, -0.25) is 14.2 Å². The van der Waals surface area contributed by atoms with Crippen LogP contribution in [0.4, 0.5) is 0 Å². The molecule has 6 rings (SSSR count). The number of benzene rings is 3. The van der Waals surface area contributed by atoms with E-state index in [1.807, 2.05) is 78.9 Å². The van der Waals surface area contributed by atoms with E-state index in [0.29, 0.717) is 64.0 Å². The van der Waals surface area contributed by atoms with Crippen molar-refractivity contribution in [3.63, 3.8) is 0 Å². The Morgan fingerprint density at radius 2 is 1.04 bits per heavy atom. The van der Waals surface area contributed by atoms with E-state index in [2.05, 4.69) is 0 Å². The van der Waals surface area contributed by atoms with Crippen molar-refractivity contribution in [2.45, 2.75) is 13.2 Å². The zero-order valence-electron chi connectivity index (χ0n) is 25.4. The highest BCUT2D eigenvalue weighted by Crippen LogP contribution is 2.44. The van der Waals surface area contributed by atoms with Crippen LogP contribution in [0.25, 0.3) is 5.69 Å². The number of hydrogen-bond donors (Lipinski definition) is 0. The van der Waals surface area contributed by atoms with Crippen molar-refractivity contribution in [1.82, 2.24) is 14.4 Å². The topological polar surface area (TPSA) is 91.7 Å². The van der Waals surface area contributed by atoms with Crippen LogP contribution in [-0.4, -0.2) is 85.9 Å². The number of morpholine rings is 2. The van der Waals surface area contributed by atoms with Crippen LogP contribution >= 0.6 is 0 Å². The minimum absolute atomic E-state index is 0.160. The summed E-state index contributed by atoms with van der Waals surface area (Å²) in [6, 6.07) is 26.7. The van der Waals surface area contributed by atoms with E-state index in [1.54, 1.807) is 27.5 Å². The Hall–Kier alpha value is -4.80. The molecule has 3 aromatic carbocycles. The molecule has 2 fully saturated rings. The Balaban J connectivity index is 1.59. The lowest BCUT2D eigenvalue weighted by Gasteiger charge is -2.29. The van der Waals surface area contributed by atoms with E-state index >= 15 is 0 Å². The summed E-state index contributed by atoms with van der Waals surface area (Å²) in [6.07, 6.45) is 0. The van der Waals surface area contributed by atoms with Crippen LogP contribution in [0.2, 0.25) is 0 Å². The van der Waals surface area contributed by atoms with E-state index in [9.17, 15) is 9.59 Å². The molecule has 10 heteroatoms. The normalized spacial score (nSPS) is 15.0. The molecular weight excluding hydrogens is 574 g/mol. The molecule has 0 spiro atoms. The second-order valence-electron chi connectivity index (χ2n) is 10.7. The van der Waals surface area contributed by atoms with Crippen molar-refractivity contribution in [2.24, 2.45) is 0 Å². The van der Waals surface area contributed by atoms with Crippen LogP contribution < -0.4 is 14.2 Å². The van der Waals surface area contributed by atoms with Gasteiger partial charge in [0.05, 0.1) is 39.2 Å². The number of amides is 2. The fourth-order valence-corrected chi connectivity index (χ4v) is 5.53. The molecule has 0 bridgehead atoms. The van der Waals surface area contributed by atoms with E-state index in [4.69, 9.17) is 23.7 Å². The molecule has 2 amide bonds. The van der Waals surface area contributed by atoms with Crippen molar-refractivity contribution >= 4 is 11.8 Å². The number of para-hydroxylation sites is 2. The molecule has 0 radical (unpaired) electrons. The van der Waals surface area contributed by atoms with Crippen molar-refractivity contribution in [1.29, 1.82) is 0 Å². The summed E-state index contributed by atoms with van der Waals surface area (Å²) in [4.78, 5) is 32.6. The van der Waals surface area contributed by atoms with E-state index in [1.165, 1.54) is 0 Å². The van der Waals surface area contributed by atoms with Gasteiger partial charge in [-0.1, -0.05) is 72.8 Å². The second-order valence-corrected chi connectivity index (χ2v) is 10.7. The lowest BCUT2D eigenvalue weighted by atomic mass is 10.2. The highest BCUT2D eigenvalue weighted by Gasteiger charge is 2.39. The van der Waals surface area contributed by atoms with Gasteiger partial charge >= 0.3 is 0 Å². The van der Waals surface area contributed by atoms with E-state index < -0.39 is 0 Å². The first-order valence-corrected chi connectivity index (χ1v) is 15.1. The summed E-state index contributed by atoms with van der Waals surface area (Å²) in [5, 5.41) is 0. The number of aromatic nitrogens is 1. The molecule has 0 aliphatic carbocycles. The number of hydrogen-bond acceptors (Lipinski definition) is 7. The van der Waals surface area contributed by atoms with Crippen molar-refractivity contribution in [3.05, 3.63) is 107 Å². The molecule has 0 atom stereocenters. The highest BCUT2D eigenvalue weighted by molar-refractivity contribution is 6.05. The monoisotopic (exact) mass is 611 g/mol. The Morgan fingerprint density at radius 3 is 1.49 bits per heavy atom. The van der Waals surface area contributed by atoms with Crippen molar-refractivity contribution in [3.8, 4) is 22.9 Å². The summed E-state index contributed by atoms with van der Waals surface area (Å²) in [5.74, 6) is 0.307. The first kappa shape index (κ1) is 30.2. The first-order chi connectivity index (χ1) is 22.2. The predicted molar refractivity (Wildman–Crippen MR) is 167 cm³/mol. The van der Waals surface area contributed by atoms with Gasteiger partial charge in [0, 0.05) is 26.2 Å². The first-order valence-electron chi connectivity index (χ1n) is 15.1. The average Bonchev–Trinajstić information content (AvgIpc) is 3.44. The van der Waals surface area contributed by atoms with Gasteiger partial charge in [0.15, 0.2) is 22.9 Å². The number of nitrogens with zero attached hydrogens (tertiary/aromatic N) is 3. The van der Waals surface area contributed by atoms with Crippen molar-refractivity contribution < 1.29 is 33.3 Å². The van der Waals surface area contributed by atoms with Gasteiger partial charge in [-0.05, 0) is 23.3 Å². The Kier molecular flexibility index (Phi) is 9.62. The molecule has 45 heavy (non-hydrogen) atoms. The smallest absolute Gasteiger partial charge is 0.275 e. The third-order valence-electron chi connectivity index (χ3n) is 7.86. The predicted octanol–water partition coefficient (Wildman–Crippen LogP) is 4.59. The number of ether oxygens (including phenoxy) is 5. The Labute approximate surface area is 262 Å². The van der Waals surface area contributed by atoms with Crippen LogP contribution in [0.5, 0.6) is 17.2 Å². The zero-order chi connectivity index (χ0) is 31.0. The van der Waals surface area contributed by atoms with Crippen LogP contribution in [-0.2, 0) is 22.7 Å². The molecule has 0 saturated carbocycles. The van der Waals surface area contributed by atoms with Gasteiger partial charge < -0.3 is 33.5 Å². The largest absolute Gasteiger partial charge is 0.495 e. The number of carbonyl (C=O) groups is 2. The molecule has 3 heterocycles. The molecule has 4 aromatic rings. The quantitative estimate of drug-likeness (QED) is 0.259. The van der Waals surface area contributed by atoms with E-state index in [-0.39, 0.29) is 47.9 Å². The minimum Gasteiger partial charge on any atom is -0.495 e. The van der Waals surface area contributed by atoms with Gasteiger partial charge in [-0.2, -0.15) is 0 Å². The average molecular weight is 612 g/mol. The number of methoxy groups -OCH3 is 1. The lowest BCUT2D eigenvalue weighted by Crippen LogP contribution is -2.43. The fraction of sp³-hybridized carbons (Fsp3) is 0.314. The molecular formula is C35H37N3O7. The Morgan fingerprint density at radius 1 is 0.622 bits per heavy atom. The highest BCUT2D eigenvalue weighted by atomic mass is 16.5. The van der Waals surface area contributed by atoms with Gasteiger partial charge in [0.25, 0.3) is 11.8 Å². The number of rotatable bonds is 10. The van der Waals surface area contributed by atoms with Crippen LogP contribution in [0.15, 0.2) is 84.9 Å². The molecule has 2 aliphatic rings. The molecule has 2 aliphatic heterocycles. The lowest BCUT2D eigenvalue weighted by molar-refractivity contribution is 0.0287. The molecule has 0 N–H and O–H groups in total. The standard InChI is InChI=1S/C35H37N3O7/c1-41-29-15-9-8-14-28(29)38-30(34(39)36-16-20-42-21-17-36)32(44-24-26-10-4-2-5-11-26)33(45-25-27-12-6-3-7-13-27)31(38)35(40)37-18-22-43-23-19-37/h2-15H,16-25H2,1H3. The van der Waals surface area contributed by atoms with Gasteiger partial charge in [-0.25, -0.2) is 0 Å². The van der Waals surface area contributed by atoms with Gasteiger partial charge in [0.1, 0.15) is 19.0 Å². The summed E-state index contributed by atoms with van der Waals surface area (Å²) in [5.41, 5.74) is 2.71. The molecule has 2 saturated heterocycles. The van der Waals surface area contributed by atoms with Crippen LogP contribution in [0.1, 0.15) is 32.1 Å². The van der Waals surface area contributed by atoms with Crippen LogP contribution in [0, 0.1) is 0 Å². The van der Waals surface area contributed by atoms with Gasteiger partial charge in [-0.15, -0.1) is 0 Å². The third kappa shape index (κ3) is 6.67. The minimum atomic E-state index is -0.294. The molecule has 10 nitrogen and oxygen atoms in total. The summed E-state index contributed by atoms with van der Waals surface area (Å²) >= 11 is 0. The number of carbonyl (C=O) groups excluding carboxylic acids is 2. The second kappa shape index (κ2) is 14.3. The van der Waals surface area contributed by atoms with Crippen LogP contribution in [0.3, 0.4) is 0 Å². The molecule has 1 aromatic heterocycles. The zero-order valence-corrected chi connectivity index (χ0v) is 25.4. The third-order valence-corrected chi connectivity index (χ3v) is 7.86. The maximum atomic E-state index is 14.6. The summed E-state index contributed by atoms with van der Waals surface area (Å²) in [6.45, 7) is 3.59. The Bertz CT molecular complexity index is 1500. The molecule has 0 unspecified atom stereocenters.